The van der Waals surface area contributed by atoms with E-state index in [9.17, 15) is 9.59 Å². The minimum atomic E-state index is -0.600. The van der Waals surface area contributed by atoms with Gasteiger partial charge in [-0.3, -0.25) is 14.9 Å². The van der Waals surface area contributed by atoms with E-state index in [0.29, 0.717) is 10.7 Å². The Bertz CT molecular complexity index is 788. The van der Waals surface area contributed by atoms with E-state index in [2.05, 4.69) is 21.3 Å². The van der Waals surface area contributed by atoms with Gasteiger partial charge in [-0.1, -0.05) is 23.7 Å². The van der Waals surface area contributed by atoms with Crippen molar-refractivity contribution in [2.24, 2.45) is 0 Å². The van der Waals surface area contributed by atoms with Crippen molar-refractivity contribution >= 4 is 29.2 Å². The molecule has 3 N–H and O–H groups in total. The van der Waals surface area contributed by atoms with E-state index in [1.54, 1.807) is 22.9 Å². The molecule has 134 valence electrons. The average Bonchev–Trinajstić information content (AvgIpc) is 2.91. The zero-order valence-corrected chi connectivity index (χ0v) is 15.7. The molecule has 0 unspecified atom stereocenters. The van der Waals surface area contributed by atoms with Crippen LogP contribution in [0.5, 0.6) is 0 Å². The van der Waals surface area contributed by atoms with Crippen LogP contribution in [0.25, 0.3) is 0 Å². The first-order valence-electron chi connectivity index (χ1n) is 7.79. The maximum Gasteiger partial charge on any atom is 0.337 e. The normalized spacial score (nSPS) is 11.1. The summed E-state index contributed by atoms with van der Waals surface area (Å²) in [6.07, 6.45) is 0. The second-order valence-corrected chi connectivity index (χ2v) is 7.13. The quantitative estimate of drug-likeness (QED) is 0.715. The number of nitrogens with zero attached hydrogens (tertiary/aromatic N) is 2. The first-order valence-corrected chi connectivity index (χ1v) is 8.17. The Hall–Kier alpha value is -2.54. The number of halogens is 1. The Labute approximate surface area is 151 Å². The van der Waals surface area contributed by atoms with Crippen LogP contribution in [0.3, 0.4) is 0 Å². The summed E-state index contributed by atoms with van der Waals surface area (Å²) < 4.78 is 1.76. The van der Waals surface area contributed by atoms with Gasteiger partial charge >= 0.3 is 6.03 Å². The Morgan fingerprint density at radius 3 is 2.40 bits per heavy atom. The van der Waals surface area contributed by atoms with Crippen molar-refractivity contribution in [3.63, 3.8) is 0 Å². The van der Waals surface area contributed by atoms with Gasteiger partial charge in [0.1, 0.15) is 0 Å². The number of hydrazine groups is 1. The molecule has 0 spiro atoms. The molecular formula is C17H22ClN5O2. The third-order valence-electron chi connectivity index (χ3n) is 3.51. The molecule has 0 saturated heterocycles. The Balaban J connectivity index is 1.99. The second-order valence-electron chi connectivity index (χ2n) is 6.72. The summed E-state index contributed by atoms with van der Waals surface area (Å²) in [5, 5.41) is 7.30. The van der Waals surface area contributed by atoms with Gasteiger partial charge in [0.15, 0.2) is 5.69 Å². The van der Waals surface area contributed by atoms with Crippen LogP contribution in [0.1, 0.15) is 42.5 Å². The van der Waals surface area contributed by atoms with E-state index in [4.69, 9.17) is 11.6 Å². The summed E-state index contributed by atoms with van der Waals surface area (Å²) in [5.41, 5.74) is 6.76. The van der Waals surface area contributed by atoms with Crippen molar-refractivity contribution < 1.29 is 9.59 Å². The largest absolute Gasteiger partial charge is 0.337 e. The lowest BCUT2D eigenvalue weighted by molar-refractivity contribution is 0.0931. The lowest BCUT2D eigenvalue weighted by Crippen LogP contribution is -2.44. The fourth-order valence-corrected chi connectivity index (χ4v) is 2.65. The number of nitrogens with one attached hydrogen (secondary N) is 3. The third-order valence-corrected chi connectivity index (χ3v) is 3.82. The summed E-state index contributed by atoms with van der Waals surface area (Å²) in [6, 6.07) is 6.35. The summed E-state index contributed by atoms with van der Waals surface area (Å²) in [6.45, 7) is 9.67. The highest BCUT2D eigenvalue weighted by Gasteiger charge is 2.20. The van der Waals surface area contributed by atoms with Gasteiger partial charge in [0.2, 0.25) is 0 Å². The van der Waals surface area contributed by atoms with E-state index >= 15 is 0 Å². The molecule has 0 saturated carbocycles. The highest BCUT2D eigenvalue weighted by Crippen LogP contribution is 2.24. The lowest BCUT2D eigenvalue weighted by atomic mass is 10.1. The predicted octanol–water partition coefficient (Wildman–Crippen LogP) is 3.37. The van der Waals surface area contributed by atoms with E-state index in [1.165, 1.54) is 0 Å². The monoisotopic (exact) mass is 363 g/mol. The van der Waals surface area contributed by atoms with Crippen molar-refractivity contribution in [2.75, 3.05) is 5.32 Å². The molecule has 0 aliphatic heterocycles. The molecule has 1 heterocycles. The number of aromatic nitrogens is 2. The molecule has 0 aliphatic rings. The summed E-state index contributed by atoms with van der Waals surface area (Å²) in [7, 11) is 0. The van der Waals surface area contributed by atoms with Gasteiger partial charge in [0, 0.05) is 5.69 Å². The van der Waals surface area contributed by atoms with Crippen molar-refractivity contribution in [3.05, 3.63) is 46.2 Å². The third kappa shape index (κ3) is 4.51. The number of para-hydroxylation sites is 1. The zero-order valence-electron chi connectivity index (χ0n) is 14.9. The number of hydrogen-bond acceptors (Lipinski definition) is 3. The fourth-order valence-electron chi connectivity index (χ4n) is 2.38. The van der Waals surface area contributed by atoms with Crippen LogP contribution in [-0.2, 0) is 5.54 Å². The first kappa shape index (κ1) is 18.8. The highest BCUT2D eigenvalue weighted by molar-refractivity contribution is 6.33. The average molecular weight is 364 g/mol. The van der Waals surface area contributed by atoms with Gasteiger partial charge in [0.25, 0.3) is 5.91 Å². The fraction of sp³-hybridized carbons (Fsp3) is 0.353. The molecule has 3 amide bonds. The molecular weight excluding hydrogens is 342 g/mol. The van der Waals surface area contributed by atoms with E-state index in [-0.39, 0.29) is 11.2 Å². The maximum absolute atomic E-state index is 12.2. The lowest BCUT2D eigenvalue weighted by Gasteiger charge is -2.21. The molecule has 25 heavy (non-hydrogen) atoms. The number of urea groups is 1. The zero-order chi connectivity index (χ0) is 18.8. The first-order chi connectivity index (χ1) is 11.6. The molecule has 7 nitrogen and oxygen atoms in total. The van der Waals surface area contributed by atoms with Crippen molar-refractivity contribution in [1.29, 1.82) is 0 Å². The number of hydrogen-bond donors (Lipinski definition) is 3. The topological polar surface area (TPSA) is 88.0 Å². The molecule has 2 rings (SSSR count). The van der Waals surface area contributed by atoms with Crippen LogP contribution >= 0.6 is 11.6 Å². The predicted molar refractivity (Wildman–Crippen MR) is 97.8 cm³/mol. The Kier molecular flexibility index (Phi) is 5.37. The van der Waals surface area contributed by atoms with Gasteiger partial charge < -0.3 is 5.32 Å². The number of aryl methyl sites for hydroxylation is 2. The van der Waals surface area contributed by atoms with Crippen molar-refractivity contribution in [2.45, 2.75) is 40.2 Å². The van der Waals surface area contributed by atoms with Crippen LogP contribution in [-0.4, -0.2) is 21.7 Å². The summed E-state index contributed by atoms with van der Waals surface area (Å²) in [4.78, 5) is 24.1. The molecule has 1 aromatic heterocycles. The maximum atomic E-state index is 12.2. The highest BCUT2D eigenvalue weighted by atomic mass is 35.5. The smallest absolute Gasteiger partial charge is 0.305 e. The van der Waals surface area contributed by atoms with Crippen molar-refractivity contribution in [1.82, 2.24) is 20.6 Å². The summed E-state index contributed by atoms with van der Waals surface area (Å²) >= 11 is 6.05. The molecule has 1 aromatic carbocycles. The van der Waals surface area contributed by atoms with Gasteiger partial charge in [-0.15, -0.1) is 0 Å². The molecule has 0 fully saturated rings. The van der Waals surface area contributed by atoms with Gasteiger partial charge in [-0.05, 0) is 52.3 Å². The number of rotatable bonds is 2. The van der Waals surface area contributed by atoms with Crippen LogP contribution in [0.2, 0.25) is 5.02 Å². The van der Waals surface area contributed by atoms with Crippen LogP contribution < -0.4 is 16.2 Å². The standard InChI is InChI=1S/C17H22ClN5O2/c1-10-7-6-8-12(18)14(10)19-16(25)21-20-15(24)13-9-11(2)23(22-13)17(3,4)5/h6-9H,1-5H3,(H,20,24)(H2,19,21,25). The molecule has 0 aliphatic carbocycles. The minimum Gasteiger partial charge on any atom is -0.305 e. The van der Waals surface area contributed by atoms with Crippen LogP contribution in [0.15, 0.2) is 24.3 Å². The van der Waals surface area contributed by atoms with E-state index in [1.807, 2.05) is 40.7 Å². The van der Waals surface area contributed by atoms with Gasteiger partial charge in [0.05, 0.1) is 16.2 Å². The summed E-state index contributed by atoms with van der Waals surface area (Å²) in [5.74, 6) is -0.503. The number of amides is 3. The minimum absolute atomic E-state index is 0.224. The molecule has 0 radical (unpaired) electrons. The second kappa shape index (κ2) is 7.14. The molecule has 0 atom stereocenters. The molecule has 0 bridgehead atoms. The van der Waals surface area contributed by atoms with Crippen LogP contribution in [0, 0.1) is 13.8 Å². The van der Waals surface area contributed by atoms with Gasteiger partial charge in [-0.2, -0.15) is 5.10 Å². The van der Waals surface area contributed by atoms with Gasteiger partial charge in [-0.25, -0.2) is 10.2 Å². The molecule has 8 heteroatoms. The van der Waals surface area contributed by atoms with E-state index in [0.717, 1.165) is 11.3 Å². The number of carbonyl (C=O) groups is 2. The van der Waals surface area contributed by atoms with Crippen molar-refractivity contribution in [3.8, 4) is 0 Å². The number of anilines is 1. The SMILES string of the molecule is Cc1cccc(Cl)c1NC(=O)NNC(=O)c1cc(C)n(C(C)(C)C)n1. The Morgan fingerprint density at radius 2 is 1.84 bits per heavy atom. The molecule has 2 aromatic rings. The van der Waals surface area contributed by atoms with E-state index < -0.39 is 11.9 Å². The van der Waals surface area contributed by atoms with Crippen LogP contribution in [0.4, 0.5) is 10.5 Å². The Morgan fingerprint density at radius 1 is 1.16 bits per heavy atom. The number of benzene rings is 1. The number of carbonyl (C=O) groups excluding carboxylic acids is 2.